The zero-order chi connectivity index (χ0) is 21.2. The number of hydrogen-bond acceptors (Lipinski definition) is 5. The maximum atomic E-state index is 12.2. The van der Waals surface area contributed by atoms with Crippen molar-refractivity contribution in [3.05, 3.63) is 29.8 Å². The van der Waals surface area contributed by atoms with Gasteiger partial charge in [-0.1, -0.05) is 26.0 Å². The summed E-state index contributed by atoms with van der Waals surface area (Å²) in [5.41, 5.74) is 0.537. The molecule has 2 amide bonds. The second kappa shape index (κ2) is 11.5. The Morgan fingerprint density at radius 2 is 1.82 bits per heavy atom. The average molecular weight is 394 g/mol. The average Bonchev–Trinajstić information content (AvgIpc) is 2.63. The van der Waals surface area contributed by atoms with Crippen LogP contribution in [-0.2, 0) is 9.53 Å². The van der Waals surface area contributed by atoms with E-state index in [0.29, 0.717) is 6.54 Å². The van der Waals surface area contributed by atoms with Crippen LogP contribution in [0.2, 0.25) is 0 Å². The summed E-state index contributed by atoms with van der Waals surface area (Å²) in [5.74, 6) is 0.679. The molecule has 0 bridgehead atoms. The summed E-state index contributed by atoms with van der Waals surface area (Å²) in [7, 11) is 1.64. The molecule has 1 atom stereocenters. The van der Waals surface area contributed by atoms with E-state index in [4.69, 9.17) is 9.47 Å². The summed E-state index contributed by atoms with van der Waals surface area (Å²) in [6.45, 7) is 12.0. The number of carbonyl (C=O) groups is 2. The molecule has 0 aliphatic heterocycles. The van der Waals surface area contributed by atoms with E-state index in [0.717, 1.165) is 24.4 Å². The molecule has 0 aliphatic carbocycles. The van der Waals surface area contributed by atoms with Crippen LogP contribution >= 0.6 is 0 Å². The van der Waals surface area contributed by atoms with Crippen LogP contribution in [0.5, 0.6) is 5.75 Å². The molecule has 0 saturated carbocycles. The molecule has 0 spiro atoms. The first-order valence-electron chi connectivity index (χ1n) is 9.81. The largest absolute Gasteiger partial charge is 0.497 e. The molecule has 0 radical (unpaired) electrons. The number of rotatable bonds is 10. The third-order valence-electron chi connectivity index (χ3n) is 4.24. The highest BCUT2D eigenvalue weighted by Gasteiger charge is 2.20. The van der Waals surface area contributed by atoms with Crippen LogP contribution in [0, 0.1) is 0 Å². The predicted molar refractivity (Wildman–Crippen MR) is 111 cm³/mol. The quantitative estimate of drug-likeness (QED) is 0.638. The monoisotopic (exact) mass is 393 g/mol. The van der Waals surface area contributed by atoms with Gasteiger partial charge < -0.3 is 20.1 Å². The van der Waals surface area contributed by atoms with Gasteiger partial charge in [-0.3, -0.25) is 9.69 Å². The van der Waals surface area contributed by atoms with Crippen LogP contribution < -0.4 is 15.4 Å². The lowest BCUT2D eigenvalue weighted by molar-refractivity contribution is -0.121. The third-order valence-corrected chi connectivity index (χ3v) is 4.24. The normalized spacial score (nSPS) is 12.4. The van der Waals surface area contributed by atoms with Crippen molar-refractivity contribution in [2.75, 3.05) is 33.3 Å². The minimum atomic E-state index is -0.555. The van der Waals surface area contributed by atoms with Crippen molar-refractivity contribution in [3.63, 3.8) is 0 Å². The van der Waals surface area contributed by atoms with Gasteiger partial charge in [0.2, 0.25) is 5.91 Å². The molecule has 1 rings (SSSR count). The van der Waals surface area contributed by atoms with E-state index < -0.39 is 11.7 Å². The van der Waals surface area contributed by atoms with Crippen molar-refractivity contribution in [1.82, 2.24) is 15.5 Å². The summed E-state index contributed by atoms with van der Waals surface area (Å²) in [5, 5.41) is 5.58. The highest BCUT2D eigenvalue weighted by atomic mass is 16.6. The molecule has 0 aromatic heterocycles. The van der Waals surface area contributed by atoms with Crippen molar-refractivity contribution in [1.29, 1.82) is 0 Å². The summed E-state index contributed by atoms with van der Waals surface area (Å²) in [6, 6.07) is 7.95. The van der Waals surface area contributed by atoms with E-state index in [9.17, 15) is 9.59 Å². The molecular weight excluding hydrogens is 358 g/mol. The first-order valence-corrected chi connectivity index (χ1v) is 9.81. The van der Waals surface area contributed by atoms with Gasteiger partial charge in [0.25, 0.3) is 0 Å². The lowest BCUT2D eigenvalue weighted by Gasteiger charge is -2.30. The second-order valence-corrected chi connectivity index (χ2v) is 7.50. The molecule has 0 fully saturated rings. The Bertz CT molecular complexity index is 624. The molecule has 0 heterocycles. The molecule has 1 aromatic rings. The highest BCUT2D eigenvalue weighted by molar-refractivity contribution is 5.77. The number of nitrogens with one attached hydrogen (secondary N) is 2. The number of nitrogens with zero attached hydrogens (tertiary/aromatic N) is 1. The summed E-state index contributed by atoms with van der Waals surface area (Å²) < 4.78 is 10.5. The number of amides is 2. The summed E-state index contributed by atoms with van der Waals surface area (Å²) in [4.78, 5) is 26.1. The molecule has 0 aliphatic rings. The summed E-state index contributed by atoms with van der Waals surface area (Å²) >= 11 is 0. The fourth-order valence-electron chi connectivity index (χ4n) is 2.86. The Morgan fingerprint density at radius 3 is 2.39 bits per heavy atom. The zero-order valence-electron chi connectivity index (χ0n) is 18.0. The Hall–Kier alpha value is -2.28. The van der Waals surface area contributed by atoms with Gasteiger partial charge in [-0.05, 0) is 51.6 Å². The molecule has 28 heavy (non-hydrogen) atoms. The first kappa shape index (κ1) is 23.8. The molecular formula is C21H35N3O4. The van der Waals surface area contributed by atoms with Crippen molar-refractivity contribution in [2.45, 2.75) is 52.7 Å². The van der Waals surface area contributed by atoms with Crippen LogP contribution in [0.25, 0.3) is 0 Å². The molecule has 158 valence electrons. The maximum Gasteiger partial charge on any atom is 0.407 e. The fourth-order valence-corrected chi connectivity index (χ4v) is 2.86. The van der Waals surface area contributed by atoms with E-state index in [1.165, 1.54) is 0 Å². The van der Waals surface area contributed by atoms with E-state index in [1.54, 1.807) is 27.9 Å². The lowest BCUT2D eigenvalue weighted by Crippen LogP contribution is -2.39. The van der Waals surface area contributed by atoms with Crippen LogP contribution in [-0.4, -0.2) is 55.8 Å². The predicted octanol–water partition coefficient (Wildman–Crippen LogP) is 3.11. The fraction of sp³-hybridized carbons (Fsp3) is 0.619. The van der Waals surface area contributed by atoms with Crippen molar-refractivity contribution >= 4 is 12.0 Å². The lowest BCUT2D eigenvalue weighted by atomic mass is 10.0. The van der Waals surface area contributed by atoms with Crippen molar-refractivity contribution in [2.24, 2.45) is 0 Å². The van der Waals surface area contributed by atoms with E-state index >= 15 is 0 Å². The van der Waals surface area contributed by atoms with Crippen LogP contribution in [0.1, 0.15) is 52.6 Å². The van der Waals surface area contributed by atoms with Gasteiger partial charge in [0.05, 0.1) is 13.2 Å². The van der Waals surface area contributed by atoms with Crippen LogP contribution in [0.3, 0.4) is 0 Å². The van der Waals surface area contributed by atoms with Gasteiger partial charge in [0, 0.05) is 19.5 Å². The first-order chi connectivity index (χ1) is 13.2. The minimum absolute atomic E-state index is 0.0489. The molecule has 7 nitrogen and oxygen atoms in total. The number of likely N-dealkylation sites (N-methyl/N-ethyl adjacent to an activating group) is 1. The molecule has 0 saturated heterocycles. The Kier molecular flexibility index (Phi) is 9.79. The molecule has 7 heteroatoms. The Morgan fingerprint density at radius 1 is 1.14 bits per heavy atom. The van der Waals surface area contributed by atoms with Gasteiger partial charge in [-0.25, -0.2) is 4.79 Å². The molecule has 1 unspecified atom stereocenters. The van der Waals surface area contributed by atoms with Gasteiger partial charge in [-0.2, -0.15) is 0 Å². The molecule has 2 N–H and O–H groups in total. The Labute approximate surface area is 168 Å². The number of ether oxygens (including phenoxy) is 2. The van der Waals surface area contributed by atoms with Gasteiger partial charge in [-0.15, -0.1) is 0 Å². The number of carbonyl (C=O) groups excluding carboxylic acids is 2. The van der Waals surface area contributed by atoms with Crippen LogP contribution in [0.4, 0.5) is 4.79 Å². The number of benzene rings is 1. The Balaban J connectivity index is 2.60. The van der Waals surface area contributed by atoms with Crippen LogP contribution in [0.15, 0.2) is 24.3 Å². The maximum absolute atomic E-state index is 12.2. The van der Waals surface area contributed by atoms with Gasteiger partial charge in [0.1, 0.15) is 11.4 Å². The SMILES string of the molecule is CCN(CC)C(CNC(=O)CCNC(=O)OC(C)(C)C)c1cccc(OC)c1. The van der Waals surface area contributed by atoms with Gasteiger partial charge in [0.15, 0.2) is 0 Å². The molecule has 1 aromatic carbocycles. The van der Waals surface area contributed by atoms with E-state index in [2.05, 4.69) is 29.4 Å². The highest BCUT2D eigenvalue weighted by Crippen LogP contribution is 2.23. The number of alkyl carbamates (subject to hydrolysis) is 1. The minimum Gasteiger partial charge on any atom is -0.497 e. The van der Waals surface area contributed by atoms with E-state index in [-0.39, 0.29) is 24.9 Å². The van der Waals surface area contributed by atoms with Crippen molar-refractivity contribution in [3.8, 4) is 5.75 Å². The van der Waals surface area contributed by atoms with E-state index in [1.807, 2.05) is 24.3 Å². The van der Waals surface area contributed by atoms with Crippen molar-refractivity contribution < 1.29 is 19.1 Å². The smallest absolute Gasteiger partial charge is 0.407 e. The summed E-state index contributed by atoms with van der Waals surface area (Å²) in [6.07, 6.45) is -0.319. The topological polar surface area (TPSA) is 79.9 Å². The second-order valence-electron chi connectivity index (χ2n) is 7.50. The number of methoxy groups -OCH3 is 1. The third kappa shape index (κ3) is 8.61. The van der Waals surface area contributed by atoms with Gasteiger partial charge >= 0.3 is 6.09 Å². The number of hydrogen-bond donors (Lipinski definition) is 2. The standard InChI is InChI=1S/C21H35N3O4/c1-7-24(8-2)18(16-10-9-11-17(14-16)27-6)15-23-19(25)12-13-22-20(26)28-21(3,4)5/h9-11,14,18H,7-8,12-13,15H2,1-6H3,(H,22,26)(H,23,25). The zero-order valence-corrected chi connectivity index (χ0v) is 18.0.